The molecule has 1 atom stereocenters. The molecule has 3 nitrogen and oxygen atoms in total. The third-order valence-corrected chi connectivity index (χ3v) is 3.07. The lowest BCUT2D eigenvalue weighted by Gasteiger charge is -2.30. The molecule has 0 aromatic rings. The fourth-order valence-corrected chi connectivity index (χ4v) is 1.95. The van der Waals surface area contributed by atoms with Crippen molar-refractivity contribution in [2.45, 2.75) is 45.6 Å². The Morgan fingerprint density at radius 2 is 2.13 bits per heavy atom. The molecular formula is C12H25NO2. The van der Waals surface area contributed by atoms with Crippen molar-refractivity contribution < 1.29 is 9.84 Å². The van der Waals surface area contributed by atoms with Gasteiger partial charge in [0, 0.05) is 18.8 Å². The maximum absolute atomic E-state index is 9.06. The number of aliphatic hydroxyl groups excluding tert-OH is 1. The van der Waals surface area contributed by atoms with E-state index >= 15 is 0 Å². The van der Waals surface area contributed by atoms with Gasteiger partial charge in [-0.05, 0) is 31.2 Å². The van der Waals surface area contributed by atoms with E-state index in [0.717, 1.165) is 39.0 Å². The van der Waals surface area contributed by atoms with Crippen molar-refractivity contribution >= 4 is 0 Å². The Balaban J connectivity index is 2.32. The molecule has 1 fully saturated rings. The quantitative estimate of drug-likeness (QED) is 0.731. The molecule has 1 saturated heterocycles. The highest BCUT2D eigenvalue weighted by Crippen LogP contribution is 2.24. The summed E-state index contributed by atoms with van der Waals surface area (Å²) >= 11 is 0. The van der Waals surface area contributed by atoms with Gasteiger partial charge in [-0.3, -0.25) is 0 Å². The van der Waals surface area contributed by atoms with Crippen LogP contribution < -0.4 is 5.32 Å². The molecule has 0 radical (unpaired) electrons. The van der Waals surface area contributed by atoms with Crippen molar-refractivity contribution in [2.24, 2.45) is 5.41 Å². The van der Waals surface area contributed by atoms with E-state index in [0.29, 0.717) is 5.41 Å². The van der Waals surface area contributed by atoms with Crippen molar-refractivity contribution in [2.75, 3.05) is 26.4 Å². The molecule has 3 heteroatoms. The molecule has 0 aromatic heterocycles. The maximum Gasteiger partial charge on any atom is 0.0650 e. The van der Waals surface area contributed by atoms with Crippen LogP contribution >= 0.6 is 0 Å². The first-order valence-corrected chi connectivity index (χ1v) is 5.91. The minimum absolute atomic E-state index is 0.0417. The molecule has 1 aliphatic heterocycles. The van der Waals surface area contributed by atoms with Gasteiger partial charge < -0.3 is 15.2 Å². The molecule has 0 spiro atoms. The first-order chi connectivity index (χ1) is 6.97. The van der Waals surface area contributed by atoms with Gasteiger partial charge in [-0.2, -0.15) is 0 Å². The fraction of sp³-hybridized carbons (Fsp3) is 1.00. The molecule has 0 bridgehead atoms. The van der Waals surface area contributed by atoms with Crippen LogP contribution in [0.1, 0.15) is 40.0 Å². The number of hydrogen-bond donors (Lipinski definition) is 2. The van der Waals surface area contributed by atoms with Crippen LogP contribution in [0, 0.1) is 5.41 Å². The summed E-state index contributed by atoms with van der Waals surface area (Å²) in [7, 11) is 0. The Bertz CT molecular complexity index is 181. The van der Waals surface area contributed by atoms with Gasteiger partial charge in [-0.1, -0.05) is 20.8 Å². The van der Waals surface area contributed by atoms with E-state index < -0.39 is 0 Å². The van der Waals surface area contributed by atoms with E-state index in [1.807, 2.05) is 0 Å². The lowest BCUT2D eigenvalue weighted by molar-refractivity contribution is 0.144. The highest BCUT2D eigenvalue weighted by molar-refractivity contribution is 4.91. The zero-order valence-electron chi connectivity index (χ0n) is 10.3. The van der Waals surface area contributed by atoms with Gasteiger partial charge in [-0.15, -0.1) is 0 Å². The third kappa shape index (κ3) is 4.49. The molecule has 1 rings (SSSR count). The van der Waals surface area contributed by atoms with Crippen molar-refractivity contribution in [1.29, 1.82) is 0 Å². The van der Waals surface area contributed by atoms with E-state index in [1.165, 1.54) is 0 Å². The normalized spacial score (nSPS) is 27.2. The summed E-state index contributed by atoms with van der Waals surface area (Å²) in [6.45, 7) is 9.56. The summed E-state index contributed by atoms with van der Waals surface area (Å²) in [6, 6.07) is 0. The highest BCUT2D eigenvalue weighted by atomic mass is 16.5. The van der Waals surface area contributed by atoms with Gasteiger partial charge in [0.1, 0.15) is 0 Å². The summed E-state index contributed by atoms with van der Waals surface area (Å²) in [4.78, 5) is 0. The van der Waals surface area contributed by atoms with Gasteiger partial charge in [0.2, 0.25) is 0 Å². The fourth-order valence-electron chi connectivity index (χ4n) is 1.95. The molecule has 15 heavy (non-hydrogen) atoms. The zero-order chi connectivity index (χ0) is 11.4. The van der Waals surface area contributed by atoms with E-state index in [1.54, 1.807) is 0 Å². The topological polar surface area (TPSA) is 41.5 Å². The average Bonchev–Trinajstić information content (AvgIpc) is 2.52. The minimum atomic E-state index is 0.0417. The van der Waals surface area contributed by atoms with Crippen LogP contribution in [-0.2, 0) is 4.74 Å². The Hall–Kier alpha value is -0.120. The highest BCUT2D eigenvalue weighted by Gasteiger charge is 2.33. The molecular weight excluding hydrogens is 190 g/mol. The molecule has 0 saturated carbocycles. The number of aliphatic hydroxyl groups is 1. The minimum Gasteiger partial charge on any atom is -0.396 e. The average molecular weight is 215 g/mol. The summed E-state index contributed by atoms with van der Waals surface area (Å²) in [5.41, 5.74) is 0.410. The van der Waals surface area contributed by atoms with Crippen molar-refractivity contribution in [3.63, 3.8) is 0 Å². The van der Waals surface area contributed by atoms with E-state index in [4.69, 9.17) is 9.84 Å². The van der Waals surface area contributed by atoms with Gasteiger partial charge >= 0.3 is 0 Å². The number of rotatable bonds is 5. The molecule has 0 aliphatic carbocycles. The lowest BCUT2D eigenvalue weighted by atomic mass is 9.90. The maximum atomic E-state index is 9.06. The van der Waals surface area contributed by atoms with Crippen LogP contribution in [0.25, 0.3) is 0 Å². The van der Waals surface area contributed by atoms with E-state index in [-0.39, 0.29) is 12.1 Å². The standard InChI is InChI=1S/C12H25NO2/c1-11(2,3)4-7-13-12(5-8-14)6-9-15-10-12/h13-14H,4-10H2,1-3H3/t12-/m1/s1. The second-order valence-electron chi connectivity index (χ2n) is 5.79. The second-order valence-corrected chi connectivity index (χ2v) is 5.79. The van der Waals surface area contributed by atoms with Crippen LogP contribution in [0.3, 0.4) is 0 Å². The van der Waals surface area contributed by atoms with Gasteiger partial charge in [0.25, 0.3) is 0 Å². The number of hydrogen-bond acceptors (Lipinski definition) is 3. The molecule has 90 valence electrons. The van der Waals surface area contributed by atoms with Crippen molar-refractivity contribution in [3.8, 4) is 0 Å². The number of nitrogens with one attached hydrogen (secondary N) is 1. The number of ether oxygens (including phenoxy) is 1. The van der Waals surface area contributed by atoms with Crippen LogP contribution in [0.2, 0.25) is 0 Å². The molecule has 0 aromatic carbocycles. The lowest BCUT2D eigenvalue weighted by Crippen LogP contribution is -2.47. The monoisotopic (exact) mass is 215 g/mol. The van der Waals surface area contributed by atoms with Crippen molar-refractivity contribution in [3.05, 3.63) is 0 Å². The van der Waals surface area contributed by atoms with Gasteiger partial charge in [-0.25, -0.2) is 0 Å². The second kappa shape index (κ2) is 5.28. The Morgan fingerprint density at radius 1 is 1.40 bits per heavy atom. The third-order valence-electron chi connectivity index (χ3n) is 3.07. The summed E-state index contributed by atoms with van der Waals surface area (Å²) in [5, 5.41) is 12.6. The van der Waals surface area contributed by atoms with Gasteiger partial charge in [0.05, 0.1) is 6.61 Å². The van der Waals surface area contributed by atoms with Gasteiger partial charge in [0.15, 0.2) is 0 Å². The van der Waals surface area contributed by atoms with Crippen LogP contribution in [0.5, 0.6) is 0 Å². The molecule has 0 amide bonds. The van der Waals surface area contributed by atoms with E-state index in [2.05, 4.69) is 26.1 Å². The summed E-state index contributed by atoms with van der Waals surface area (Å²) in [6.07, 6.45) is 2.98. The predicted octanol–water partition coefficient (Wildman–Crippen LogP) is 1.55. The van der Waals surface area contributed by atoms with Crippen LogP contribution in [0.4, 0.5) is 0 Å². The SMILES string of the molecule is CC(C)(C)CCN[C@]1(CCO)CCOC1. The Labute approximate surface area is 93.2 Å². The van der Waals surface area contributed by atoms with Crippen LogP contribution in [-0.4, -0.2) is 37.0 Å². The Morgan fingerprint density at radius 3 is 2.60 bits per heavy atom. The molecule has 1 aliphatic rings. The predicted molar refractivity (Wildman–Crippen MR) is 61.9 cm³/mol. The smallest absolute Gasteiger partial charge is 0.0650 e. The Kier molecular flexibility index (Phi) is 4.56. The van der Waals surface area contributed by atoms with E-state index in [9.17, 15) is 0 Å². The first kappa shape index (κ1) is 12.9. The molecule has 1 heterocycles. The van der Waals surface area contributed by atoms with Crippen LogP contribution in [0.15, 0.2) is 0 Å². The van der Waals surface area contributed by atoms with Crippen molar-refractivity contribution in [1.82, 2.24) is 5.32 Å². The zero-order valence-corrected chi connectivity index (χ0v) is 10.3. The molecule has 0 unspecified atom stereocenters. The largest absolute Gasteiger partial charge is 0.396 e. The summed E-state index contributed by atoms with van der Waals surface area (Å²) in [5.74, 6) is 0. The summed E-state index contributed by atoms with van der Waals surface area (Å²) < 4.78 is 5.42. The first-order valence-electron chi connectivity index (χ1n) is 5.91. The molecule has 2 N–H and O–H groups in total.